The molecule has 1 saturated heterocycles. The molecule has 1 aliphatic rings. The summed E-state index contributed by atoms with van der Waals surface area (Å²) in [5, 5.41) is 21.7. The fraction of sp³-hybridized carbons (Fsp3) is 0.292. The Hall–Kier alpha value is -3.37. The van der Waals surface area contributed by atoms with Crippen LogP contribution in [0.3, 0.4) is 0 Å². The maximum Gasteiger partial charge on any atom is 0.167 e. The van der Waals surface area contributed by atoms with Gasteiger partial charge in [0.05, 0.1) is 19.0 Å². The van der Waals surface area contributed by atoms with Gasteiger partial charge in [0.15, 0.2) is 17.7 Å². The van der Waals surface area contributed by atoms with E-state index >= 15 is 0 Å². The van der Waals surface area contributed by atoms with Crippen LogP contribution in [0, 0.1) is 0 Å². The monoisotopic (exact) mass is 446 g/mol. The number of fused-ring (bicyclic) bond motifs is 1. The van der Waals surface area contributed by atoms with Crippen LogP contribution in [0.1, 0.15) is 17.4 Å². The average Bonchev–Trinajstić information content (AvgIpc) is 3.41. The molecule has 0 saturated carbocycles. The Bertz CT molecular complexity index is 1160. The molecule has 170 valence electrons. The summed E-state index contributed by atoms with van der Waals surface area (Å²) in [6, 6.07) is 19.7. The number of aliphatic hydroxyl groups excluding tert-OH is 2. The van der Waals surface area contributed by atoms with E-state index in [0.717, 1.165) is 11.1 Å². The van der Waals surface area contributed by atoms with Crippen molar-refractivity contribution in [2.45, 2.75) is 37.6 Å². The summed E-state index contributed by atoms with van der Waals surface area (Å²) in [5.41, 5.74) is 9.06. The molecule has 4 atom stereocenters. The lowest BCUT2D eigenvalue weighted by Crippen LogP contribution is -2.47. The standard InChI is InChI=1S/C24H26N6O3/c25-22-19-23(27-14-26-22)30(15-28-19)24-21(32)20(18(13-31)33-24)29(11-16-7-3-1-4-8-16)12-17-9-5-2-6-10-17/h1-10,14-15,18,20-21,24,31-32H,11-13H2,(H2,25,26,27)/t18-,20?,21?,24-/m1/s1. The predicted molar refractivity (Wildman–Crippen MR) is 123 cm³/mol. The van der Waals surface area contributed by atoms with Crippen LogP contribution in [0.4, 0.5) is 5.82 Å². The normalized spacial score (nSPS) is 22.9. The minimum Gasteiger partial charge on any atom is -0.394 e. The Morgan fingerprint density at radius 1 is 0.939 bits per heavy atom. The fourth-order valence-corrected chi connectivity index (χ4v) is 4.52. The Kier molecular flexibility index (Phi) is 6.01. The van der Waals surface area contributed by atoms with E-state index < -0.39 is 24.5 Å². The number of anilines is 1. The molecule has 9 heteroatoms. The van der Waals surface area contributed by atoms with Crippen molar-refractivity contribution in [1.29, 1.82) is 0 Å². The SMILES string of the molecule is Nc1ncnc2c1ncn2[C@@H]1O[C@H](CO)C(N(Cc2ccccc2)Cc2ccccc2)C1O. The Labute approximate surface area is 191 Å². The largest absolute Gasteiger partial charge is 0.394 e. The number of nitrogens with zero attached hydrogens (tertiary/aromatic N) is 5. The molecule has 0 amide bonds. The number of hydrogen-bond acceptors (Lipinski definition) is 8. The molecule has 9 nitrogen and oxygen atoms in total. The third kappa shape index (κ3) is 4.19. The van der Waals surface area contributed by atoms with Crippen LogP contribution in [-0.2, 0) is 17.8 Å². The van der Waals surface area contributed by atoms with Crippen molar-refractivity contribution in [1.82, 2.24) is 24.4 Å². The van der Waals surface area contributed by atoms with E-state index in [1.165, 1.54) is 6.33 Å². The van der Waals surface area contributed by atoms with Gasteiger partial charge in [-0.1, -0.05) is 60.7 Å². The summed E-state index contributed by atoms with van der Waals surface area (Å²) < 4.78 is 7.82. The molecule has 2 aromatic heterocycles. The lowest BCUT2D eigenvalue weighted by Gasteiger charge is -2.33. The molecule has 1 aliphatic heterocycles. The minimum absolute atomic E-state index is 0.234. The second-order valence-corrected chi connectivity index (χ2v) is 8.19. The van der Waals surface area contributed by atoms with E-state index in [2.05, 4.69) is 44.1 Å². The molecule has 1 fully saturated rings. The smallest absolute Gasteiger partial charge is 0.167 e. The molecular formula is C24H26N6O3. The molecule has 2 aromatic carbocycles. The van der Waals surface area contributed by atoms with Crippen molar-refractivity contribution >= 4 is 17.0 Å². The zero-order valence-electron chi connectivity index (χ0n) is 18.0. The van der Waals surface area contributed by atoms with Gasteiger partial charge in [0.1, 0.15) is 24.1 Å². The highest BCUT2D eigenvalue weighted by atomic mass is 16.5. The van der Waals surface area contributed by atoms with Crippen LogP contribution in [0.5, 0.6) is 0 Å². The van der Waals surface area contributed by atoms with Crippen molar-refractivity contribution in [2.75, 3.05) is 12.3 Å². The van der Waals surface area contributed by atoms with E-state index in [0.29, 0.717) is 24.3 Å². The third-order valence-corrected chi connectivity index (χ3v) is 6.06. The van der Waals surface area contributed by atoms with Crippen molar-refractivity contribution in [3.8, 4) is 0 Å². The average molecular weight is 447 g/mol. The number of nitrogens with two attached hydrogens (primary N) is 1. The van der Waals surface area contributed by atoms with Crippen LogP contribution in [0.15, 0.2) is 73.3 Å². The lowest BCUT2D eigenvalue weighted by atomic mass is 10.0. The number of aliphatic hydroxyl groups is 2. The van der Waals surface area contributed by atoms with Gasteiger partial charge in [-0.25, -0.2) is 15.0 Å². The molecule has 3 heterocycles. The van der Waals surface area contributed by atoms with E-state index in [1.807, 2.05) is 36.4 Å². The number of ether oxygens (including phenoxy) is 1. The van der Waals surface area contributed by atoms with Crippen LogP contribution in [0.2, 0.25) is 0 Å². The zero-order chi connectivity index (χ0) is 22.8. The van der Waals surface area contributed by atoms with Gasteiger partial charge in [-0.05, 0) is 11.1 Å². The Balaban J connectivity index is 1.49. The van der Waals surface area contributed by atoms with Gasteiger partial charge >= 0.3 is 0 Å². The molecule has 0 spiro atoms. The first-order chi connectivity index (χ1) is 16.2. The van der Waals surface area contributed by atoms with E-state index in [-0.39, 0.29) is 12.4 Å². The number of nitrogen functional groups attached to an aromatic ring is 1. The van der Waals surface area contributed by atoms with E-state index in [9.17, 15) is 10.2 Å². The lowest BCUT2D eigenvalue weighted by molar-refractivity contribution is -0.0501. The van der Waals surface area contributed by atoms with Crippen molar-refractivity contribution in [3.63, 3.8) is 0 Å². The quantitative estimate of drug-likeness (QED) is 0.392. The van der Waals surface area contributed by atoms with Crippen molar-refractivity contribution in [2.24, 2.45) is 0 Å². The first-order valence-corrected chi connectivity index (χ1v) is 10.8. The van der Waals surface area contributed by atoms with Gasteiger partial charge in [0.25, 0.3) is 0 Å². The second-order valence-electron chi connectivity index (χ2n) is 8.19. The fourth-order valence-electron chi connectivity index (χ4n) is 4.52. The number of hydrogen-bond donors (Lipinski definition) is 3. The molecule has 0 radical (unpaired) electrons. The second kappa shape index (κ2) is 9.24. The summed E-state index contributed by atoms with van der Waals surface area (Å²) in [4.78, 5) is 14.7. The zero-order valence-corrected chi connectivity index (χ0v) is 18.0. The topological polar surface area (TPSA) is 123 Å². The molecule has 0 bridgehead atoms. The summed E-state index contributed by atoms with van der Waals surface area (Å²) in [6.45, 7) is 0.940. The molecule has 0 aliphatic carbocycles. The van der Waals surface area contributed by atoms with Gasteiger partial charge in [-0.15, -0.1) is 0 Å². The molecule has 5 rings (SSSR count). The molecule has 2 unspecified atom stereocenters. The van der Waals surface area contributed by atoms with Crippen LogP contribution < -0.4 is 5.73 Å². The third-order valence-electron chi connectivity index (χ3n) is 6.06. The molecule has 4 aromatic rings. The van der Waals surface area contributed by atoms with Crippen molar-refractivity contribution in [3.05, 3.63) is 84.4 Å². The maximum absolute atomic E-state index is 11.5. The maximum atomic E-state index is 11.5. The summed E-state index contributed by atoms with van der Waals surface area (Å²) in [7, 11) is 0. The van der Waals surface area contributed by atoms with Crippen LogP contribution >= 0.6 is 0 Å². The minimum atomic E-state index is -0.942. The predicted octanol–water partition coefficient (Wildman–Crippen LogP) is 1.73. The highest BCUT2D eigenvalue weighted by Gasteiger charge is 2.47. The number of rotatable bonds is 7. The van der Waals surface area contributed by atoms with Gasteiger partial charge < -0.3 is 20.7 Å². The highest BCUT2D eigenvalue weighted by molar-refractivity contribution is 5.81. The summed E-state index contributed by atoms with van der Waals surface area (Å²) >= 11 is 0. The van der Waals surface area contributed by atoms with Crippen LogP contribution in [0.25, 0.3) is 11.2 Å². The highest BCUT2D eigenvalue weighted by Crippen LogP contribution is 2.35. The van der Waals surface area contributed by atoms with E-state index in [4.69, 9.17) is 10.5 Å². The number of aromatic nitrogens is 4. The summed E-state index contributed by atoms with van der Waals surface area (Å²) in [5.74, 6) is 0.260. The van der Waals surface area contributed by atoms with Crippen LogP contribution in [-0.4, -0.2) is 59.5 Å². The first-order valence-electron chi connectivity index (χ1n) is 10.8. The van der Waals surface area contributed by atoms with Gasteiger partial charge in [-0.2, -0.15) is 0 Å². The Morgan fingerprint density at radius 3 is 2.18 bits per heavy atom. The van der Waals surface area contributed by atoms with Gasteiger partial charge in [-0.3, -0.25) is 9.47 Å². The number of imidazole rings is 1. The molecule has 33 heavy (non-hydrogen) atoms. The van der Waals surface area contributed by atoms with Gasteiger partial charge in [0, 0.05) is 13.1 Å². The first kappa shape index (κ1) is 21.5. The van der Waals surface area contributed by atoms with Gasteiger partial charge in [0.2, 0.25) is 0 Å². The number of benzene rings is 2. The van der Waals surface area contributed by atoms with E-state index in [1.54, 1.807) is 10.9 Å². The Morgan fingerprint density at radius 2 is 1.58 bits per heavy atom. The molecular weight excluding hydrogens is 420 g/mol. The summed E-state index contributed by atoms with van der Waals surface area (Å²) in [6.07, 6.45) is 0.576. The molecule has 4 N–H and O–H groups in total. The van der Waals surface area contributed by atoms with Crippen molar-refractivity contribution < 1.29 is 14.9 Å².